The van der Waals surface area contributed by atoms with Gasteiger partial charge in [0, 0.05) is 12.6 Å². The number of rotatable bonds is 5. The van der Waals surface area contributed by atoms with Gasteiger partial charge in [0.15, 0.2) is 0 Å². The Kier molecular flexibility index (Phi) is 5.74. The van der Waals surface area contributed by atoms with Gasteiger partial charge in [0.05, 0.1) is 6.54 Å². The van der Waals surface area contributed by atoms with E-state index in [2.05, 4.69) is 12.2 Å². The molecular weight excluding hydrogens is 267 g/mol. The maximum absolute atomic E-state index is 13.1. The van der Waals surface area contributed by atoms with Crippen molar-refractivity contribution in [3.05, 3.63) is 35.6 Å². The monoisotopic (exact) mass is 292 g/mol. The Morgan fingerprint density at radius 1 is 1.33 bits per heavy atom. The third kappa shape index (κ3) is 5.46. The van der Waals surface area contributed by atoms with Crippen molar-refractivity contribution in [2.24, 2.45) is 5.92 Å². The number of hydrogen-bond acceptors (Lipinski definition) is 2. The first kappa shape index (κ1) is 16.0. The molecule has 0 heterocycles. The number of likely N-dealkylation sites (N-methyl/N-ethyl adjacent to an activating group) is 1. The normalized spacial score (nSPS) is 22.3. The number of carbonyl (C=O) groups excluding carboxylic acids is 1. The molecule has 0 saturated heterocycles. The maximum atomic E-state index is 13.1. The number of carbonyl (C=O) groups is 1. The average molecular weight is 292 g/mol. The summed E-state index contributed by atoms with van der Waals surface area (Å²) in [7, 11) is 1.88. The predicted molar refractivity (Wildman–Crippen MR) is 82.3 cm³/mol. The smallest absolute Gasteiger partial charge is 0.234 e. The molecule has 21 heavy (non-hydrogen) atoms. The first-order valence-corrected chi connectivity index (χ1v) is 7.75. The molecule has 0 aromatic heterocycles. The van der Waals surface area contributed by atoms with Crippen molar-refractivity contribution >= 4 is 5.91 Å². The third-order valence-electron chi connectivity index (χ3n) is 4.14. The molecule has 0 aliphatic heterocycles. The summed E-state index contributed by atoms with van der Waals surface area (Å²) in [6, 6.07) is 6.84. The lowest BCUT2D eigenvalue weighted by molar-refractivity contribution is -0.123. The summed E-state index contributed by atoms with van der Waals surface area (Å²) >= 11 is 0. The fraction of sp³-hybridized carbons (Fsp3) is 0.588. The molecule has 0 spiro atoms. The fourth-order valence-electron chi connectivity index (χ4n) is 2.93. The second-order valence-corrected chi connectivity index (χ2v) is 6.33. The molecule has 1 amide bonds. The maximum Gasteiger partial charge on any atom is 0.234 e. The van der Waals surface area contributed by atoms with Crippen LogP contribution in [-0.4, -0.2) is 30.4 Å². The largest absolute Gasteiger partial charge is 0.352 e. The van der Waals surface area contributed by atoms with Crippen molar-refractivity contribution in [3.8, 4) is 0 Å². The highest BCUT2D eigenvalue weighted by Gasteiger charge is 2.20. The molecule has 0 unspecified atom stereocenters. The topological polar surface area (TPSA) is 32.3 Å². The summed E-state index contributed by atoms with van der Waals surface area (Å²) in [5.74, 6) is 0.615. The zero-order valence-corrected chi connectivity index (χ0v) is 12.9. The SMILES string of the molecule is CC1CCC(NC(=O)CN(C)Cc2cccc(F)c2)CC1. The lowest BCUT2D eigenvalue weighted by Crippen LogP contribution is -2.42. The standard InChI is InChI=1S/C17H25FN2O/c1-13-6-8-16(9-7-13)19-17(21)12-20(2)11-14-4-3-5-15(18)10-14/h3-5,10,13,16H,6-9,11-12H2,1-2H3,(H,19,21). The van der Waals surface area contributed by atoms with Crippen LogP contribution in [0.25, 0.3) is 0 Å². The molecule has 2 rings (SSSR count). The Hall–Kier alpha value is -1.42. The Labute approximate surface area is 126 Å². The van der Waals surface area contributed by atoms with Crippen LogP contribution in [0.15, 0.2) is 24.3 Å². The minimum atomic E-state index is -0.235. The predicted octanol–water partition coefficient (Wildman–Crippen LogP) is 2.95. The average Bonchev–Trinajstić information content (AvgIpc) is 2.41. The van der Waals surface area contributed by atoms with Gasteiger partial charge in [0.25, 0.3) is 0 Å². The summed E-state index contributed by atoms with van der Waals surface area (Å²) in [6.45, 7) is 3.19. The van der Waals surface area contributed by atoms with Crippen molar-refractivity contribution < 1.29 is 9.18 Å². The number of nitrogens with one attached hydrogen (secondary N) is 1. The number of amides is 1. The molecule has 0 bridgehead atoms. The lowest BCUT2D eigenvalue weighted by Gasteiger charge is -2.27. The van der Waals surface area contributed by atoms with E-state index < -0.39 is 0 Å². The molecule has 1 N–H and O–H groups in total. The first-order valence-electron chi connectivity index (χ1n) is 7.75. The molecule has 1 aromatic rings. The Balaban J connectivity index is 1.74. The number of hydrogen-bond donors (Lipinski definition) is 1. The summed E-state index contributed by atoms with van der Waals surface area (Å²) in [6.07, 6.45) is 4.56. The van der Waals surface area contributed by atoms with E-state index in [4.69, 9.17) is 0 Å². The fourth-order valence-corrected chi connectivity index (χ4v) is 2.93. The molecule has 1 fully saturated rings. The van der Waals surface area contributed by atoms with Crippen LogP contribution in [0.3, 0.4) is 0 Å². The summed E-state index contributed by atoms with van der Waals surface area (Å²) in [5, 5.41) is 3.11. The molecule has 1 aromatic carbocycles. The van der Waals surface area contributed by atoms with Gasteiger partial charge in [0.1, 0.15) is 5.82 Å². The van der Waals surface area contributed by atoms with Crippen molar-refractivity contribution in [2.75, 3.05) is 13.6 Å². The second kappa shape index (κ2) is 7.55. The Morgan fingerprint density at radius 3 is 2.71 bits per heavy atom. The van der Waals surface area contributed by atoms with Gasteiger partial charge in [-0.25, -0.2) is 4.39 Å². The van der Waals surface area contributed by atoms with Gasteiger partial charge in [-0.05, 0) is 56.3 Å². The van der Waals surface area contributed by atoms with E-state index in [0.717, 1.165) is 24.3 Å². The molecule has 1 saturated carbocycles. The molecule has 3 nitrogen and oxygen atoms in total. The molecule has 1 aliphatic carbocycles. The van der Waals surface area contributed by atoms with Crippen LogP contribution in [0.4, 0.5) is 4.39 Å². The Bertz CT molecular complexity index is 470. The highest BCUT2D eigenvalue weighted by atomic mass is 19.1. The van der Waals surface area contributed by atoms with Crippen LogP contribution in [0, 0.1) is 11.7 Å². The number of halogens is 1. The quantitative estimate of drug-likeness (QED) is 0.905. The molecule has 4 heteroatoms. The van der Waals surface area contributed by atoms with Crippen LogP contribution in [-0.2, 0) is 11.3 Å². The minimum Gasteiger partial charge on any atom is -0.352 e. The zero-order chi connectivity index (χ0) is 15.2. The molecule has 1 aliphatic rings. The van der Waals surface area contributed by atoms with E-state index in [1.165, 1.54) is 25.0 Å². The summed E-state index contributed by atoms with van der Waals surface area (Å²) in [5.41, 5.74) is 0.886. The Morgan fingerprint density at radius 2 is 2.05 bits per heavy atom. The van der Waals surface area contributed by atoms with Crippen LogP contribution in [0.5, 0.6) is 0 Å². The van der Waals surface area contributed by atoms with E-state index in [9.17, 15) is 9.18 Å². The van der Waals surface area contributed by atoms with Crippen molar-refractivity contribution in [1.82, 2.24) is 10.2 Å². The van der Waals surface area contributed by atoms with Crippen molar-refractivity contribution in [3.63, 3.8) is 0 Å². The van der Waals surface area contributed by atoms with Crippen LogP contribution < -0.4 is 5.32 Å². The van der Waals surface area contributed by atoms with Gasteiger partial charge < -0.3 is 5.32 Å². The van der Waals surface area contributed by atoms with Crippen molar-refractivity contribution in [1.29, 1.82) is 0 Å². The van der Waals surface area contributed by atoms with E-state index in [1.807, 2.05) is 18.0 Å². The second-order valence-electron chi connectivity index (χ2n) is 6.33. The highest BCUT2D eigenvalue weighted by molar-refractivity contribution is 5.78. The van der Waals surface area contributed by atoms with Gasteiger partial charge >= 0.3 is 0 Å². The number of nitrogens with zero attached hydrogens (tertiary/aromatic N) is 1. The van der Waals surface area contributed by atoms with E-state index in [-0.39, 0.29) is 11.7 Å². The van der Waals surface area contributed by atoms with Gasteiger partial charge in [0.2, 0.25) is 5.91 Å². The van der Waals surface area contributed by atoms with Crippen LogP contribution >= 0.6 is 0 Å². The van der Waals surface area contributed by atoms with E-state index in [0.29, 0.717) is 19.1 Å². The zero-order valence-electron chi connectivity index (χ0n) is 12.9. The summed E-state index contributed by atoms with van der Waals surface area (Å²) in [4.78, 5) is 13.9. The van der Waals surface area contributed by atoms with Crippen molar-refractivity contribution in [2.45, 2.75) is 45.2 Å². The van der Waals surface area contributed by atoms with E-state index >= 15 is 0 Å². The molecule has 0 radical (unpaired) electrons. The van der Waals surface area contributed by atoms with Crippen LogP contribution in [0.2, 0.25) is 0 Å². The third-order valence-corrected chi connectivity index (χ3v) is 4.14. The molecular formula is C17H25FN2O. The van der Waals surface area contributed by atoms with Gasteiger partial charge in [-0.2, -0.15) is 0 Å². The van der Waals surface area contributed by atoms with Gasteiger partial charge in [-0.15, -0.1) is 0 Å². The minimum absolute atomic E-state index is 0.0634. The highest BCUT2D eigenvalue weighted by Crippen LogP contribution is 2.23. The number of benzene rings is 1. The van der Waals surface area contributed by atoms with Gasteiger partial charge in [-0.1, -0.05) is 19.1 Å². The molecule has 116 valence electrons. The van der Waals surface area contributed by atoms with E-state index in [1.54, 1.807) is 6.07 Å². The summed E-state index contributed by atoms with van der Waals surface area (Å²) < 4.78 is 13.1. The molecule has 0 atom stereocenters. The van der Waals surface area contributed by atoms with Crippen LogP contribution in [0.1, 0.15) is 38.2 Å². The lowest BCUT2D eigenvalue weighted by atomic mass is 9.87. The van der Waals surface area contributed by atoms with Gasteiger partial charge in [-0.3, -0.25) is 9.69 Å². The first-order chi connectivity index (χ1) is 10.0.